The molecule has 0 aliphatic heterocycles. The van der Waals surface area contributed by atoms with Gasteiger partial charge in [-0.2, -0.15) is 5.26 Å². The van der Waals surface area contributed by atoms with Gasteiger partial charge in [0.1, 0.15) is 11.9 Å². The lowest BCUT2D eigenvalue weighted by Crippen LogP contribution is -2.29. The van der Waals surface area contributed by atoms with Crippen LogP contribution in [-0.4, -0.2) is 12.1 Å². The van der Waals surface area contributed by atoms with E-state index in [4.69, 9.17) is 10.00 Å². The van der Waals surface area contributed by atoms with Crippen LogP contribution in [0.3, 0.4) is 0 Å². The van der Waals surface area contributed by atoms with E-state index in [-0.39, 0.29) is 23.8 Å². The summed E-state index contributed by atoms with van der Waals surface area (Å²) >= 11 is 0. The molecule has 2 fully saturated rings. The summed E-state index contributed by atoms with van der Waals surface area (Å²) in [5.41, 5.74) is 1.18. The molecule has 2 aliphatic rings. The van der Waals surface area contributed by atoms with Crippen LogP contribution in [0.1, 0.15) is 62.8 Å². The number of rotatable bonds is 4. The van der Waals surface area contributed by atoms with Gasteiger partial charge in [-0.15, -0.1) is 0 Å². The van der Waals surface area contributed by atoms with Gasteiger partial charge in [-0.3, -0.25) is 4.79 Å². The van der Waals surface area contributed by atoms with Gasteiger partial charge in [0.25, 0.3) is 0 Å². The van der Waals surface area contributed by atoms with Crippen LogP contribution >= 0.6 is 0 Å². The van der Waals surface area contributed by atoms with Crippen LogP contribution < -0.4 is 0 Å². The first-order chi connectivity index (χ1) is 12.7. The van der Waals surface area contributed by atoms with Gasteiger partial charge in [-0.05, 0) is 80.9 Å². The van der Waals surface area contributed by atoms with Crippen LogP contribution in [0.4, 0.5) is 4.39 Å². The first kappa shape index (κ1) is 18.6. The van der Waals surface area contributed by atoms with E-state index in [0.717, 1.165) is 51.4 Å². The van der Waals surface area contributed by atoms with E-state index in [1.807, 2.05) is 24.3 Å². The van der Waals surface area contributed by atoms with Crippen molar-refractivity contribution in [2.75, 3.05) is 0 Å². The normalized spacial score (nSPS) is 29.2. The van der Waals surface area contributed by atoms with Gasteiger partial charge in [0.05, 0.1) is 12.0 Å². The van der Waals surface area contributed by atoms with Gasteiger partial charge < -0.3 is 4.74 Å². The standard InChI is InChI=1S/C22H26FNO2/c23-20-11-7-17(8-12-20)18-9-13-21(14-10-18)26-22(25)19-5-3-16(4-6-19)2-1-15-24/h1-2,7-8,11-12,16,18-19,21H,3-6,9-10,13-14H2. The topological polar surface area (TPSA) is 50.1 Å². The molecule has 0 aromatic heterocycles. The Morgan fingerprint density at radius 3 is 2.31 bits per heavy atom. The molecule has 0 atom stereocenters. The molecule has 3 nitrogen and oxygen atoms in total. The van der Waals surface area contributed by atoms with Crippen molar-refractivity contribution in [2.45, 2.75) is 63.4 Å². The first-order valence-corrected chi connectivity index (χ1v) is 9.68. The van der Waals surface area contributed by atoms with E-state index >= 15 is 0 Å². The molecule has 0 amide bonds. The van der Waals surface area contributed by atoms with Crippen molar-refractivity contribution in [3.63, 3.8) is 0 Å². The number of nitrogens with zero attached hydrogens (tertiary/aromatic N) is 1. The Morgan fingerprint density at radius 2 is 1.69 bits per heavy atom. The number of esters is 1. The summed E-state index contributed by atoms with van der Waals surface area (Å²) in [5, 5.41) is 8.60. The highest BCUT2D eigenvalue weighted by atomic mass is 19.1. The van der Waals surface area contributed by atoms with E-state index in [9.17, 15) is 9.18 Å². The molecular weight excluding hydrogens is 329 g/mol. The molecule has 138 valence electrons. The summed E-state index contributed by atoms with van der Waals surface area (Å²) in [6.45, 7) is 0. The highest BCUT2D eigenvalue weighted by molar-refractivity contribution is 5.72. The largest absolute Gasteiger partial charge is 0.462 e. The van der Waals surface area contributed by atoms with Gasteiger partial charge in [-0.25, -0.2) is 4.39 Å². The van der Waals surface area contributed by atoms with E-state index in [1.54, 1.807) is 6.08 Å². The molecule has 0 heterocycles. The predicted molar refractivity (Wildman–Crippen MR) is 97.7 cm³/mol. The van der Waals surface area contributed by atoms with Crippen molar-refractivity contribution in [3.05, 3.63) is 47.8 Å². The fourth-order valence-electron chi connectivity index (χ4n) is 4.24. The molecule has 0 bridgehead atoms. The summed E-state index contributed by atoms with van der Waals surface area (Å²) in [6, 6.07) is 8.80. The summed E-state index contributed by atoms with van der Waals surface area (Å²) in [7, 11) is 0. The number of benzene rings is 1. The van der Waals surface area contributed by atoms with Crippen LogP contribution in [0.25, 0.3) is 0 Å². The van der Waals surface area contributed by atoms with Gasteiger partial charge in [0.15, 0.2) is 0 Å². The number of nitriles is 1. The number of hydrogen-bond donors (Lipinski definition) is 0. The SMILES string of the molecule is N#CC=CC1CCC(C(=O)OC2CCC(c3ccc(F)cc3)CC2)CC1. The highest BCUT2D eigenvalue weighted by Gasteiger charge is 2.30. The second kappa shape index (κ2) is 8.98. The average molecular weight is 355 g/mol. The van der Waals surface area contributed by atoms with E-state index < -0.39 is 0 Å². The maximum absolute atomic E-state index is 13.0. The molecule has 0 spiro atoms. The van der Waals surface area contributed by atoms with Crippen LogP contribution in [0.5, 0.6) is 0 Å². The zero-order chi connectivity index (χ0) is 18.4. The Hall–Kier alpha value is -2.15. The average Bonchev–Trinajstić information content (AvgIpc) is 2.68. The van der Waals surface area contributed by atoms with E-state index in [1.165, 1.54) is 17.7 Å². The van der Waals surface area contributed by atoms with Crippen molar-refractivity contribution in [1.82, 2.24) is 0 Å². The van der Waals surface area contributed by atoms with Gasteiger partial charge >= 0.3 is 5.97 Å². The lowest BCUT2D eigenvalue weighted by atomic mass is 9.81. The van der Waals surface area contributed by atoms with Crippen molar-refractivity contribution < 1.29 is 13.9 Å². The van der Waals surface area contributed by atoms with Crippen molar-refractivity contribution in [2.24, 2.45) is 11.8 Å². The summed E-state index contributed by atoms with van der Waals surface area (Å²) in [6.07, 6.45) is 10.9. The highest BCUT2D eigenvalue weighted by Crippen LogP contribution is 2.36. The molecule has 4 heteroatoms. The molecule has 2 saturated carbocycles. The van der Waals surface area contributed by atoms with Gasteiger partial charge in [0.2, 0.25) is 0 Å². The first-order valence-electron chi connectivity index (χ1n) is 9.68. The lowest BCUT2D eigenvalue weighted by molar-refractivity contribution is -0.157. The fraction of sp³-hybridized carbons (Fsp3) is 0.545. The van der Waals surface area contributed by atoms with Crippen molar-refractivity contribution in [1.29, 1.82) is 5.26 Å². The molecule has 0 saturated heterocycles. The maximum Gasteiger partial charge on any atom is 0.309 e. The molecular formula is C22H26FNO2. The van der Waals surface area contributed by atoms with E-state index in [2.05, 4.69) is 0 Å². The second-order valence-electron chi connectivity index (χ2n) is 7.56. The molecule has 26 heavy (non-hydrogen) atoms. The third-order valence-electron chi connectivity index (χ3n) is 5.85. The number of ether oxygens (including phenoxy) is 1. The summed E-state index contributed by atoms with van der Waals surface area (Å²) in [5.74, 6) is 0.626. The molecule has 1 aromatic rings. The Kier molecular flexibility index (Phi) is 6.44. The van der Waals surface area contributed by atoms with Crippen molar-refractivity contribution >= 4 is 5.97 Å². The monoisotopic (exact) mass is 355 g/mol. The third-order valence-corrected chi connectivity index (χ3v) is 5.85. The van der Waals surface area contributed by atoms with Crippen LogP contribution in [0, 0.1) is 29.0 Å². The molecule has 0 unspecified atom stereocenters. The predicted octanol–water partition coefficient (Wildman–Crippen LogP) is 5.28. The van der Waals surface area contributed by atoms with Gasteiger partial charge in [-0.1, -0.05) is 18.2 Å². The molecule has 3 rings (SSSR count). The van der Waals surface area contributed by atoms with Crippen LogP contribution in [0.2, 0.25) is 0 Å². The zero-order valence-electron chi connectivity index (χ0n) is 15.1. The lowest BCUT2D eigenvalue weighted by Gasteiger charge is -2.31. The van der Waals surface area contributed by atoms with Crippen molar-refractivity contribution in [3.8, 4) is 6.07 Å². The second-order valence-corrected chi connectivity index (χ2v) is 7.56. The Morgan fingerprint density at radius 1 is 1.04 bits per heavy atom. The Labute approximate surface area is 154 Å². The number of hydrogen-bond acceptors (Lipinski definition) is 3. The quantitative estimate of drug-likeness (QED) is 0.545. The molecule has 0 N–H and O–H groups in total. The molecule has 2 aliphatic carbocycles. The smallest absolute Gasteiger partial charge is 0.309 e. The number of halogens is 1. The minimum absolute atomic E-state index is 0.0107. The van der Waals surface area contributed by atoms with Crippen LogP contribution in [0.15, 0.2) is 36.4 Å². The molecule has 1 aromatic carbocycles. The number of carbonyl (C=O) groups is 1. The summed E-state index contributed by atoms with van der Waals surface area (Å²) < 4.78 is 18.8. The number of allylic oxidation sites excluding steroid dienone is 2. The van der Waals surface area contributed by atoms with Crippen LogP contribution in [-0.2, 0) is 9.53 Å². The Bertz CT molecular complexity index is 660. The zero-order valence-corrected chi connectivity index (χ0v) is 15.1. The molecule has 0 radical (unpaired) electrons. The maximum atomic E-state index is 13.0. The fourth-order valence-corrected chi connectivity index (χ4v) is 4.24. The minimum atomic E-state index is -0.200. The van der Waals surface area contributed by atoms with Gasteiger partial charge in [0, 0.05) is 6.08 Å². The third kappa shape index (κ3) is 4.94. The number of carbonyl (C=O) groups excluding carboxylic acids is 1. The minimum Gasteiger partial charge on any atom is -0.462 e. The summed E-state index contributed by atoms with van der Waals surface area (Å²) in [4.78, 5) is 12.4. The Balaban J connectivity index is 1.42. The van der Waals surface area contributed by atoms with E-state index in [0.29, 0.717) is 11.8 Å².